The Morgan fingerprint density at radius 2 is 1.91 bits per heavy atom. The molecule has 0 radical (unpaired) electrons. The maximum Gasteiger partial charge on any atom is 0.267 e. The Labute approximate surface area is 65.7 Å². The van der Waals surface area contributed by atoms with Gasteiger partial charge in [0.05, 0.1) is 12.4 Å². The molecule has 0 aromatic heterocycles. The lowest BCUT2D eigenvalue weighted by Crippen LogP contribution is -2.11. The highest BCUT2D eigenvalue weighted by molar-refractivity contribution is 7.85. The van der Waals surface area contributed by atoms with Gasteiger partial charge in [-0.15, -0.1) is 0 Å². The molecular formula is C5H12O5S. The van der Waals surface area contributed by atoms with Crippen LogP contribution in [0, 0.1) is 0 Å². The molecule has 2 N–H and O–H groups in total. The lowest BCUT2D eigenvalue weighted by Gasteiger charge is -1.99. The number of hydrogen-bond donors (Lipinski definition) is 2. The molecule has 0 aromatic carbocycles. The highest BCUT2D eigenvalue weighted by Crippen LogP contribution is 1.85. The summed E-state index contributed by atoms with van der Waals surface area (Å²) in [5, 5.41) is 8.28. The van der Waals surface area contributed by atoms with Gasteiger partial charge in [-0.3, -0.25) is 4.55 Å². The molecule has 0 rings (SSSR count). The second-order valence-electron chi connectivity index (χ2n) is 1.98. The maximum atomic E-state index is 10.1. The molecule has 6 heteroatoms. The van der Waals surface area contributed by atoms with Gasteiger partial charge in [-0.05, 0) is 6.42 Å². The first-order valence-electron chi connectivity index (χ1n) is 3.20. The van der Waals surface area contributed by atoms with Gasteiger partial charge >= 0.3 is 0 Å². The second-order valence-corrected chi connectivity index (χ2v) is 3.55. The van der Waals surface area contributed by atoms with Gasteiger partial charge in [0, 0.05) is 13.2 Å². The molecule has 11 heavy (non-hydrogen) atoms. The van der Waals surface area contributed by atoms with Crippen molar-refractivity contribution in [3.63, 3.8) is 0 Å². The van der Waals surface area contributed by atoms with Crippen molar-refractivity contribution < 1.29 is 22.8 Å². The highest BCUT2D eigenvalue weighted by Gasteiger charge is 2.02. The first-order chi connectivity index (χ1) is 5.06. The number of hydrogen-bond acceptors (Lipinski definition) is 4. The number of rotatable bonds is 6. The molecular weight excluding hydrogens is 172 g/mol. The van der Waals surface area contributed by atoms with E-state index in [0.717, 1.165) is 0 Å². The van der Waals surface area contributed by atoms with Crippen molar-refractivity contribution in [1.82, 2.24) is 0 Å². The Kier molecular flexibility index (Phi) is 5.39. The molecule has 0 bridgehead atoms. The van der Waals surface area contributed by atoms with Crippen molar-refractivity contribution in [2.24, 2.45) is 0 Å². The van der Waals surface area contributed by atoms with E-state index in [2.05, 4.69) is 0 Å². The van der Waals surface area contributed by atoms with Crippen LogP contribution in [0.5, 0.6) is 0 Å². The van der Waals surface area contributed by atoms with Crippen molar-refractivity contribution in [2.45, 2.75) is 6.42 Å². The Morgan fingerprint density at radius 1 is 1.27 bits per heavy atom. The molecule has 0 aromatic rings. The quantitative estimate of drug-likeness (QED) is 0.420. The summed E-state index contributed by atoms with van der Waals surface area (Å²) in [7, 11) is -3.90. The van der Waals surface area contributed by atoms with Gasteiger partial charge < -0.3 is 9.84 Å². The Bertz CT molecular complexity index is 173. The molecule has 68 valence electrons. The van der Waals surface area contributed by atoms with Crippen LogP contribution in [0.2, 0.25) is 0 Å². The summed E-state index contributed by atoms with van der Waals surface area (Å²) in [5.74, 6) is -0.390. The molecule has 0 saturated heterocycles. The molecule has 0 saturated carbocycles. The van der Waals surface area contributed by atoms with Gasteiger partial charge in [-0.25, -0.2) is 0 Å². The molecule has 0 amide bonds. The lowest BCUT2D eigenvalue weighted by atomic mass is 10.5. The van der Waals surface area contributed by atoms with Gasteiger partial charge in [0.1, 0.15) is 0 Å². The van der Waals surface area contributed by atoms with Crippen LogP contribution < -0.4 is 0 Å². The normalized spacial score (nSPS) is 11.8. The molecule has 0 fully saturated rings. The van der Waals surface area contributed by atoms with Crippen LogP contribution in [0.3, 0.4) is 0 Å². The summed E-state index contributed by atoms with van der Waals surface area (Å²) in [4.78, 5) is 0. The van der Waals surface area contributed by atoms with Gasteiger partial charge in [-0.2, -0.15) is 8.42 Å². The van der Waals surface area contributed by atoms with Crippen molar-refractivity contribution in [2.75, 3.05) is 25.6 Å². The van der Waals surface area contributed by atoms with Crippen LogP contribution in [-0.2, 0) is 14.9 Å². The zero-order chi connectivity index (χ0) is 8.74. The average Bonchev–Trinajstić information content (AvgIpc) is 1.85. The summed E-state index contributed by atoms with van der Waals surface area (Å²) in [6.07, 6.45) is 0.478. The SMILES string of the molecule is O=S(=O)(O)CCOCCCO. The first-order valence-corrected chi connectivity index (χ1v) is 4.81. The summed E-state index contributed by atoms with van der Waals surface area (Å²) >= 11 is 0. The van der Waals surface area contributed by atoms with E-state index in [9.17, 15) is 8.42 Å². The van der Waals surface area contributed by atoms with E-state index >= 15 is 0 Å². The fourth-order valence-corrected chi connectivity index (χ4v) is 0.761. The van der Waals surface area contributed by atoms with E-state index in [1.807, 2.05) is 0 Å². The minimum atomic E-state index is -3.90. The predicted octanol–water partition coefficient (Wildman–Crippen LogP) is -0.727. The minimum absolute atomic E-state index is 0.0197. The molecule has 5 nitrogen and oxygen atoms in total. The largest absolute Gasteiger partial charge is 0.396 e. The van der Waals surface area contributed by atoms with Crippen LogP contribution in [-0.4, -0.2) is 43.7 Å². The minimum Gasteiger partial charge on any atom is -0.396 e. The van der Waals surface area contributed by atoms with Gasteiger partial charge in [0.2, 0.25) is 0 Å². The first kappa shape index (κ1) is 10.8. The van der Waals surface area contributed by atoms with Crippen molar-refractivity contribution in [1.29, 1.82) is 0 Å². The summed E-state index contributed by atoms with van der Waals surface area (Å²) in [5.41, 5.74) is 0. The van der Waals surface area contributed by atoms with Gasteiger partial charge in [0.15, 0.2) is 0 Å². The molecule has 0 spiro atoms. The van der Waals surface area contributed by atoms with E-state index in [1.165, 1.54) is 0 Å². The van der Waals surface area contributed by atoms with Crippen molar-refractivity contribution in [3.8, 4) is 0 Å². The predicted molar refractivity (Wildman–Crippen MR) is 38.9 cm³/mol. The standard InChI is InChI=1S/C5H12O5S/c6-2-1-3-10-4-5-11(7,8)9/h6H,1-5H2,(H,7,8,9). The van der Waals surface area contributed by atoms with Crippen LogP contribution in [0.15, 0.2) is 0 Å². The van der Waals surface area contributed by atoms with Crippen molar-refractivity contribution in [3.05, 3.63) is 0 Å². The van der Waals surface area contributed by atoms with Crippen LogP contribution >= 0.6 is 0 Å². The van der Waals surface area contributed by atoms with E-state index in [1.54, 1.807) is 0 Å². The maximum absolute atomic E-state index is 10.1. The van der Waals surface area contributed by atoms with Crippen molar-refractivity contribution >= 4 is 10.1 Å². The monoisotopic (exact) mass is 184 g/mol. The Balaban J connectivity index is 3.16. The van der Waals surface area contributed by atoms with Crippen LogP contribution in [0.25, 0.3) is 0 Å². The molecule has 0 aliphatic carbocycles. The summed E-state index contributed by atoms with van der Waals surface area (Å²) in [6, 6.07) is 0. The molecule has 0 heterocycles. The Morgan fingerprint density at radius 3 is 2.36 bits per heavy atom. The second kappa shape index (κ2) is 5.48. The Hall–Kier alpha value is -0.170. The molecule has 0 aliphatic rings. The van der Waals surface area contributed by atoms with Crippen LogP contribution in [0.4, 0.5) is 0 Å². The summed E-state index contributed by atoms with van der Waals surface area (Å²) in [6.45, 7) is 0.302. The highest BCUT2D eigenvalue weighted by atomic mass is 32.2. The fraction of sp³-hybridized carbons (Fsp3) is 1.00. The number of ether oxygens (including phenoxy) is 1. The van der Waals surface area contributed by atoms with E-state index in [-0.39, 0.29) is 13.2 Å². The summed E-state index contributed by atoms with van der Waals surface area (Å²) < 4.78 is 33.1. The number of aliphatic hydroxyl groups is 1. The third-order valence-corrected chi connectivity index (χ3v) is 1.61. The fourth-order valence-electron chi connectivity index (χ4n) is 0.433. The van der Waals surface area contributed by atoms with Gasteiger partial charge in [-0.1, -0.05) is 0 Å². The van der Waals surface area contributed by atoms with E-state index < -0.39 is 15.9 Å². The van der Waals surface area contributed by atoms with E-state index in [4.69, 9.17) is 14.4 Å². The molecule has 0 unspecified atom stereocenters. The average molecular weight is 184 g/mol. The lowest BCUT2D eigenvalue weighted by molar-refractivity contribution is 0.127. The van der Waals surface area contributed by atoms with Crippen LogP contribution in [0.1, 0.15) is 6.42 Å². The van der Waals surface area contributed by atoms with Gasteiger partial charge in [0.25, 0.3) is 10.1 Å². The number of aliphatic hydroxyl groups excluding tert-OH is 1. The smallest absolute Gasteiger partial charge is 0.267 e. The van der Waals surface area contributed by atoms with E-state index in [0.29, 0.717) is 13.0 Å². The zero-order valence-corrected chi connectivity index (χ0v) is 6.88. The topological polar surface area (TPSA) is 83.8 Å². The molecule has 0 atom stereocenters. The molecule has 0 aliphatic heterocycles. The zero-order valence-electron chi connectivity index (χ0n) is 6.06. The third kappa shape index (κ3) is 9.83. The third-order valence-electron chi connectivity index (χ3n) is 0.932.